The minimum atomic E-state index is -0.830. The fourth-order valence-corrected chi connectivity index (χ4v) is 1.91. The Bertz CT molecular complexity index is 492. The molecule has 0 aliphatic heterocycles. The number of Topliss-reactive ketones (excluding diaryl/α,β-unsaturated/α-hetero) is 1. The van der Waals surface area contributed by atoms with Gasteiger partial charge in [0.05, 0.1) is 5.75 Å². The molecule has 6 nitrogen and oxygen atoms in total. The molecular weight excluding hydrogens is 230 g/mol. The van der Waals surface area contributed by atoms with Gasteiger partial charge in [-0.2, -0.15) is 4.98 Å². The summed E-state index contributed by atoms with van der Waals surface area (Å²) in [5.41, 5.74) is -1.59. The number of aromatic nitrogens is 3. The van der Waals surface area contributed by atoms with Gasteiger partial charge in [0.15, 0.2) is 5.16 Å². The summed E-state index contributed by atoms with van der Waals surface area (Å²) in [4.78, 5) is 36.8. The van der Waals surface area contributed by atoms with E-state index in [-0.39, 0.29) is 11.5 Å². The normalized spacial score (nSPS) is 10.4. The lowest BCUT2D eigenvalue weighted by molar-refractivity contribution is -0.116. The maximum Gasteiger partial charge on any atom is 0.339 e. The zero-order chi connectivity index (χ0) is 12.1. The predicted molar refractivity (Wildman–Crippen MR) is 60.7 cm³/mol. The summed E-state index contributed by atoms with van der Waals surface area (Å²) < 4.78 is 1.34. The Morgan fingerprint density at radius 3 is 2.81 bits per heavy atom. The lowest BCUT2D eigenvalue weighted by Crippen LogP contribution is -2.34. The number of carbonyl (C=O) groups is 1. The fraction of sp³-hybridized carbons (Fsp3) is 0.556. The van der Waals surface area contributed by atoms with E-state index in [1.807, 2.05) is 6.92 Å². The summed E-state index contributed by atoms with van der Waals surface area (Å²) in [6.07, 6.45) is 1.32. The van der Waals surface area contributed by atoms with Crippen LogP contribution in [0.5, 0.6) is 0 Å². The highest BCUT2D eigenvalue weighted by Gasteiger charge is 2.07. The van der Waals surface area contributed by atoms with Gasteiger partial charge in [-0.3, -0.25) is 24.2 Å². The van der Waals surface area contributed by atoms with Gasteiger partial charge in [0.25, 0.3) is 0 Å². The lowest BCUT2D eigenvalue weighted by atomic mass is 10.3. The van der Waals surface area contributed by atoms with Gasteiger partial charge in [0, 0.05) is 13.5 Å². The Balaban J connectivity index is 2.75. The Hall–Kier alpha value is -1.37. The van der Waals surface area contributed by atoms with Crippen molar-refractivity contribution in [3.8, 4) is 0 Å². The molecule has 0 amide bonds. The number of nitrogens with zero attached hydrogens (tertiary/aromatic N) is 2. The standard InChI is InChI=1S/C9H13N3O3S/c1-3-4-6(13)5-16-9-10-7(14)8(15)11-12(9)2/h3-5H2,1-2H3,(H,11,15). The van der Waals surface area contributed by atoms with Crippen LogP contribution in [0.3, 0.4) is 0 Å². The number of hydrogen-bond acceptors (Lipinski definition) is 5. The Morgan fingerprint density at radius 1 is 1.50 bits per heavy atom. The topological polar surface area (TPSA) is 84.8 Å². The Labute approximate surface area is 96.1 Å². The van der Waals surface area contributed by atoms with Gasteiger partial charge in [-0.15, -0.1) is 0 Å². The summed E-state index contributed by atoms with van der Waals surface area (Å²) in [6.45, 7) is 1.93. The van der Waals surface area contributed by atoms with Gasteiger partial charge >= 0.3 is 11.1 Å². The van der Waals surface area contributed by atoms with E-state index in [4.69, 9.17) is 0 Å². The minimum Gasteiger partial charge on any atom is -0.299 e. The predicted octanol–water partition coefficient (Wildman–Crippen LogP) is -0.0701. The van der Waals surface area contributed by atoms with Crippen LogP contribution in [0.1, 0.15) is 19.8 Å². The van der Waals surface area contributed by atoms with Crippen molar-refractivity contribution in [1.82, 2.24) is 14.8 Å². The maximum atomic E-state index is 11.3. The van der Waals surface area contributed by atoms with Crippen molar-refractivity contribution >= 4 is 17.5 Å². The van der Waals surface area contributed by atoms with Crippen molar-refractivity contribution < 1.29 is 4.79 Å². The van der Waals surface area contributed by atoms with Crippen LogP contribution < -0.4 is 11.1 Å². The maximum absolute atomic E-state index is 11.3. The molecule has 1 heterocycles. The van der Waals surface area contributed by atoms with E-state index in [0.717, 1.165) is 18.2 Å². The van der Waals surface area contributed by atoms with E-state index >= 15 is 0 Å². The molecule has 1 aromatic rings. The molecule has 0 fully saturated rings. The molecule has 0 spiro atoms. The average molecular weight is 243 g/mol. The molecule has 1 rings (SSSR count). The first-order chi connectivity index (χ1) is 7.54. The van der Waals surface area contributed by atoms with Gasteiger partial charge in [-0.25, -0.2) is 0 Å². The zero-order valence-corrected chi connectivity index (χ0v) is 9.97. The molecule has 0 saturated heterocycles. The van der Waals surface area contributed by atoms with Crippen LogP contribution in [0, 0.1) is 0 Å². The summed E-state index contributed by atoms with van der Waals surface area (Å²) in [6, 6.07) is 0. The van der Waals surface area contributed by atoms with Crippen molar-refractivity contribution in [3.05, 3.63) is 20.7 Å². The second-order valence-corrected chi connectivity index (χ2v) is 4.22. The van der Waals surface area contributed by atoms with Crippen LogP contribution in [-0.2, 0) is 11.8 Å². The highest BCUT2D eigenvalue weighted by Crippen LogP contribution is 2.12. The first-order valence-corrected chi connectivity index (χ1v) is 5.85. The van der Waals surface area contributed by atoms with Crippen LogP contribution in [0.25, 0.3) is 0 Å². The molecule has 0 aliphatic rings. The summed E-state index contributed by atoms with van der Waals surface area (Å²) >= 11 is 1.15. The van der Waals surface area contributed by atoms with Crippen LogP contribution in [0.15, 0.2) is 14.7 Å². The second kappa shape index (κ2) is 5.64. The van der Waals surface area contributed by atoms with E-state index in [1.54, 1.807) is 7.05 Å². The van der Waals surface area contributed by atoms with Crippen LogP contribution in [0.4, 0.5) is 0 Å². The van der Waals surface area contributed by atoms with Crippen LogP contribution in [0.2, 0.25) is 0 Å². The molecule has 7 heteroatoms. The molecule has 16 heavy (non-hydrogen) atoms. The minimum absolute atomic E-state index is 0.105. The van der Waals surface area contributed by atoms with Gasteiger partial charge in [-0.05, 0) is 6.42 Å². The largest absolute Gasteiger partial charge is 0.339 e. The number of rotatable bonds is 5. The number of thioether (sulfide) groups is 1. The quantitative estimate of drug-likeness (QED) is 0.578. The van der Waals surface area contributed by atoms with E-state index in [9.17, 15) is 14.4 Å². The Kier molecular flexibility index (Phi) is 4.48. The molecule has 0 unspecified atom stereocenters. The molecule has 1 N–H and O–H groups in total. The van der Waals surface area contributed by atoms with Gasteiger partial charge < -0.3 is 0 Å². The highest BCUT2D eigenvalue weighted by molar-refractivity contribution is 7.99. The van der Waals surface area contributed by atoms with Crippen LogP contribution in [-0.4, -0.2) is 26.3 Å². The van der Waals surface area contributed by atoms with E-state index in [0.29, 0.717) is 11.6 Å². The lowest BCUT2D eigenvalue weighted by Gasteiger charge is -2.04. The molecule has 0 saturated carbocycles. The summed E-state index contributed by atoms with van der Waals surface area (Å²) in [5.74, 6) is 0.369. The number of aryl methyl sites for hydroxylation is 1. The zero-order valence-electron chi connectivity index (χ0n) is 9.15. The van der Waals surface area contributed by atoms with Crippen molar-refractivity contribution in [2.45, 2.75) is 24.9 Å². The van der Waals surface area contributed by atoms with Crippen molar-refractivity contribution in [3.63, 3.8) is 0 Å². The van der Waals surface area contributed by atoms with Crippen LogP contribution >= 0.6 is 11.8 Å². The molecule has 0 atom stereocenters. The first-order valence-electron chi connectivity index (χ1n) is 4.86. The summed E-state index contributed by atoms with van der Waals surface area (Å²) in [5, 5.41) is 2.66. The summed E-state index contributed by atoms with van der Waals surface area (Å²) in [7, 11) is 1.57. The molecule has 88 valence electrons. The van der Waals surface area contributed by atoms with E-state index in [2.05, 4.69) is 10.1 Å². The molecular formula is C9H13N3O3S. The number of nitrogens with one attached hydrogen (secondary N) is 1. The number of hydrogen-bond donors (Lipinski definition) is 1. The molecule has 0 radical (unpaired) electrons. The van der Waals surface area contributed by atoms with E-state index < -0.39 is 11.1 Å². The number of H-pyrrole nitrogens is 1. The van der Waals surface area contributed by atoms with Crippen molar-refractivity contribution in [1.29, 1.82) is 0 Å². The average Bonchev–Trinajstić information content (AvgIpc) is 2.22. The highest BCUT2D eigenvalue weighted by atomic mass is 32.2. The van der Waals surface area contributed by atoms with Crippen molar-refractivity contribution in [2.24, 2.45) is 7.05 Å². The third kappa shape index (κ3) is 3.34. The third-order valence-electron chi connectivity index (χ3n) is 1.84. The third-order valence-corrected chi connectivity index (χ3v) is 2.93. The monoisotopic (exact) mass is 243 g/mol. The second-order valence-electron chi connectivity index (χ2n) is 3.28. The Morgan fingerprint density at radius 2 is 2.19 bits per heavy atom. The molecule has 0 bridgehead atoms. The number of ketones is 1. The molecule has 0 aliphatic carbocycles. The SMILES string of the molecule is CCCC(=O)CSc1nc(=O)c(=O)[nH]n1C. The van der Waals surface area contributed by atoms with Gasteiger partial charge in [-0.1, -0.05) is 18.7 Å². The number of carbonyl (C=O) groups excluding carboxylic acids is 1. The van der Waals surface area contributed by atoms with E-state index in [1.165, 1.54) is 4.68 Å². The smallest absolute Gasteiger partial charge is 0.299 e. The first kappa shape index (κ1) is 12.7. The van der Waals surface area contributed by atoms with Gasteiger partial charge in [0.1, 0.15) is 5.78 Å². The van der Waals surface area contributed by atoms with Crippen molar-refractivity contribution in [2.75, 3.05) is 5.75 Å². The molecule has 1 aromatic heterocycles. The fourth-order valence-electron chi connectivity index (χ4n) is 1.09. The molecule has 0 aromatic carbocycles. The number of aromatic amines is 1. The van der Waals surface area contributed by atoms with Gasteiger partial charge in [0.2, 0.25) is 0 Å².